The molecule has 1 aliphatic heterocycles. The zero-order valence-electron chi connectivity index (χ0n) is 17.9. The van der Waals surface area contributed by atoms with Gasteiger partial charge in [0, 0.05) is 0 Å². The van der Waals surface area contributed by atoms with Crippen molar-refractivity contribution in [1.82, 2.24) is 0 Å². The summed E-state index contributed by atoms with van der Waals surface area (Å²) in [6.07, 6.45) is 0. The van der Waals surface area contributed by atoms with Crippen molar-refractivity contribution in [2.75, 3.05) is 26.2 Å². The lowest BCUT2D eigenvalue weighted by molar-refractivity contribution is -0.139. The Hall–Kier alpha value is -3.23. The van der Waals surface area contributed by atoms with Crippen LogP contribution < -0.4 is 15.4 Å². The van der Waals surface area contributed by atoms with Crippen LogP contribution in [0.15, 0.2) is 65.1 Å². The highest BCUT2D eigenvalue weighted by atomic mass is 127. The molecule has 3 rings (SSSR count). The predicted molar refractivity (Wildman–Crippen MR) is 130 cm³/mol. The van der Waals surface area contributed by atoms with Gasteiger partial charge >= 0.3 is 11.9 Å². The minimum absolute atomic E-state index is 0.0336. The molecule has 0 aromatic heterocycles. The molecule has 0 saturated carbocycles. The minimum atomic E-state index is -0.971. The van der Waals surface area contributed by atoms with Crippen molar-refractivity contribution in [1.29, 1.82) is 5.26 Å². The van der Waals surface area contributed by atoms with Gasteiger partial charge in [-0.3, -0.25) is 4.90 Å². The Bertz CT molecular complexity index is 1220. The van der Waals surface area contributed by atoms with E-state index in [4.69, 9.17) is 31.5 Å². The van der Waals surface area contributed by atoms with Gasteiger partial charge in [0.2, 0.25) is 0 Å². The lowest BCUT2D eigenvalue weighted by Gasteiger charge is -2.36. The number of benzene rings is 2. The SMILES string of the molecule is COC(=O)C1=C(C(=O)OC)N(c2c(Cl)ccc(I)c2OC)C(N)=C(C#N)C1c1ccccc1. The fourth-order valence-corrected chi connectivity index (χ4v) is 4.56. The minimum Gasteiger partial charge on any atom is -0.493 e. The number of nitrogens with two attached hydrogens (primary N) is 1. The first kappa shape index (κ1) is 24.4. The maximum absolute atomic E-state index is 13.1. The topological polar surface area (TPSA) is 115 Å². The number of ether oxygens (including phenoxy) is 3. The van der Waals surface area contributed by atoms with E-state index < -0.39 is 17.9 Å². The molecule has 1 heterocycles. The highest BCUT2D eigenvalue weighted by Crippen LogP contribution is 2.48. The summed E-state index contributed by atoms with van der Waals surface area (Å²) >= 11 is 8.56. The van der Waals surface area contributed by atoms with Crippen LogP contribution in [0.25, 0.3) is 0 Å². The van der Waals surface area contributed by atoms with Crippen molar-refractivity contribution in [2.45, 2.75) is 5.92 Å². The molecule has 2 aromatic rings. The van der Waals surface area contributed by atoms with Crippen LogP contribution in [0.1, 0.15) is 11.5 Å². The van der Waals surface area contributed by atoms with E-state index in [-0.39, 0.29) is 33.4 Å². The van der Waals surface area contributed by atoms with Gasteiger partial charge in [-0.05, 0) is 40.3 Å². The molecule has 2 aromatic carbocycles. The van der Waals surface area contributed by atoms with Crippen LogP contribution in [-0.2, 0) is 19.1 Å². The van der Waals surface area contributed by atoms with Gasteiger partial charge in [0.15, 0.2) is 5.75 Å². The molecule has 0 radical (unpaired) electrons. The molecule has 0 spiro atoms. The molecule has 8 nitrogen and oxygen atoms in total. The van der Waals surface area contributed by atoms with E-state index in [1.165, 1.54) is 26.2 Å². The lowest BCUT2D eigenvalue weighted by atomic mass is 9.81. The van der Waals surface area contributed by atoms with E-state index in [0.717, 1.165) is 0 Å². The number of nitriles is 1. The maximum atomic E-state index is 13.1. The number of methoxy groups -OCH3 is 3. The summed E-state index contributed by atoms with van der Waals surface area (Å²) < 4.78 is 16.2. The van der Waals surface area contributed by atoms with Crippen LogP contribution >= 0.6 is 34.2 Å². The van der Waals surface area contributed by atoms with Crippen molar-refractivity contribution in [3.63, 3.8) is 0 Å². The van der Waals surface area contributed by atoms with Gasteiger partial charge < -0.3 is 19.9 Å². The quantitative estimate of drug-likeness (QED) is 0.420. The van der Waals surface area contributed by atoms with Crippen LogP contribution in [0.2, 0.25) is 5.02 Å². The molecule has 1 aliphatic rings. The summed E-state index contributed by atoms with van der Waals surface area (Å²) in [6, 6.07) is 14.1. The Morgan fingerprint density at radius 1 is 1.09 bits per heavy atom. The Balaban J connectivity index is 2.51. The molecule has 2 N–H and O–H groups in total. The molecule has 0 saturated heterocycles. The molecular formula is C23H19ClIN3O5. The van der Waals surface area contributed by atoms with E-state index in [0.29, 0.717) is 14.9 Å². The lowest BCUT2D eigenvalue weighted by Crippen LogP contribution is -2.41. The highest BCUT2D eigenvalue weighted by Gasteiger charge is 2.44. The van der Waals surface area contributed by atoms with E-state index in [2.05, 4.69) is 6.07 Å². The second kappa shape index (κ2) is 10.1. The van der Waals surface area contributed by atoms with Gasteiger partial charge in [-0.25, -0.2) is 9.59 Å². The van der Waals surface area contributed by atoms with Crippen molar-refractivity contribution < 1.29 is 23.8 Å². The summed E-state index contributed by atoms with van der Waals surface area (Å²) in [7, 11) is 3.79. The smallest absolute Gasteiger partial charge is 0.355 e. The zero-order chi connectivity index (χ0) is 24.3. The van der Waals surface area contributed by atoms with Crippen LogP contribution in [0.3, 0.4) is 0 Å². The molecule has 1 unspecified atom stereocenters. The van der Waals surface area contributed by atoms with Crippen molar-refractivity contribution in [2.24, 2.45) is 5.73 Å². The first-order valence-electron chi connectivity index (χ1n) is 9.49. The monoisotopic (exact) mass is 579 g/mol. The van der Waals surface area contributed by atoms with Crippen molar-refractivity contribution >= 4 is 51.8 Å². The number of rotatable bonds is 5. The van der Waals surface area contributed by atoms with Gasteiger partial charge in [-0.15, -0.1) is 0 Å². The summed E-state index contributed by atoms with van der Waals surface area (Å²) in [6.45, 7) is 0. The average molecular weight is 580 g/mol. The van der Waals surface area contributed by atoms with Crippen LogP contribution in [0, 0.1) is 14.9 Å². The number of carbonyl (C=O) groups excluding carboxylic acids is 2. The van der Waals surface area contributed by atoms with Gasteiger partial charge in [0.05, 0.1) is 53.1 Å². The number of nitrogens with zero attached hydrogens (tertiary/aromatic N) is 2. The summed E-state index contributed by atoms with van der Waals surface area (Å²) in [5.74, 6) is -2.46. The van der Waals surface area contributed by atoms with Gasteiger partial charge in [0.25, 0.3) is 0 Å². The van der Waals surface area contributed by atoms with E-state index in [1.807, 2.05) is 22.6 Å². The molecule has 0 fully saturated rings. The van der Waals surface area contributed by atoms with Gasteiger partial charge in [-0.1, -0.05) is 41.9 Å². The van der Waals surface area contributed by atoms with Crippen LogP contribution in [0.5, 0.6) is 5.75 Å². The Kier molecular flexibility index (Phi) is 7.50. The molecule has 10 heteroatoms. The number of allylic oxidation sites excluding steroid dienone is 1. The number of carbonyl (C=O) groups is 2. The second-order valence-corrected chi connectivity index (χ2v) is 8.32. The number of halogens is 2. The third-order valence-electron chi connectivity index (χ3n) is 5.07. The third-order valence-corrected chi connectivity index (χ3v) is 6.23. The van der Waals surface area contributed by atoms with Gasteiger partial charge in [-0.2, -0.15) is 5.26 Å². The molecule has 170 valence electrons. The first-order valence-corrected chi connectivity index (χ1v) is 11.0. The number of hydrogen-bond acceptors (Lipinski definition) is 8. The Morgan fingerprint density at radius 3 is 2.27 bits per heavy atom. The van der Waals surface area contributed by atoms with E-state index in [1.54, 1.807) is 42.5 Å². The zero-order valence-corrected chi connectivity index (χ0v) is 20.8. The molecular weight excluding hydrogens is 561 g/mol. The fourth-order valence-electron chi connectivity index (χ4n) is 3.67. The van der Waals surface area contributed by atoms with Crippen molar-refractivity contribution in [3.8, 4) is 11.8 Å². The average Bonchev–Trinajstić information content (AvgIpc) is 2.84. The maximum Gasteiger partial charge on any atom is 0.355 e. The summed E-state index contributed by atoms with van der Waals surface area (Å²) in [5, 5.41) is 10.3. The largest absolute Gasteiger partial charge is 0.493 e. The second-order valence-electron chi connectivity index (χ2n) is 6.75. The van der Waals surface area contributed by atoms with Gasteiger partial charge in [0.1, 0.15) is 17.2 Å². The predicted octanol–water partition coefficient (Wildman–Crippen LogP) is 3.85. The Morgan fingerprint density at radius 2 is 1.73 bits per heavy atom. The third kappa shape index (κ3) is 4.24. The Labute approximate surface area is 209 Å². The first-order chi connectivity index (χ1) is 15.8. The molecule has 0 bridgehead atoms. The molecule has 0 amide bonds. The number of hydrogen-bond donors (Lipinski definition) is 1. The van der Waals surface area contributed by atoms with Crippen molar-refractivity contribution in [3.05, 3.63) is 79.3 Å². The standard InChI is InChI=1S/C23H19ClIN3O5/c1-31-20-15(25)10-9-14(24)18(20)28-19(23(30)33-3)17(22(29)32-2)16(13(11-26)21(28)27)12-7-5-4-6-8-12/h4-10,16H,27H2,1-3H3. The van der Waals surface area contributed by atoms with E-state index in [9.17, 15) is 14.9 Å². The molecule has 33 heavy (non-hydrogen) atoms. The van der Waals surface area contributed by atoms with Crippen LogP contribution in [0.4, 0.5) is 5.69 Å². The van der Waals surface area contributed by atoms with Crippen LogP contribution in [-0.4, -0.2) is 33.3 Å². The number of esters is 2. The fraction of sp³-hybridized carbons (Fsp3) is 0.174. The van der Waals surface area contributed by atoms with E-state index >= 15 is 0 Å². The molecule has 0 aliphatic carbocycles. The highest BCUT2D eigenvalue weighted by molar-refractivity contribution is 14.1. The summed E-state index contributed by atoms with van der Waals surface area (Å²) in [4.78, 5) is 27.4. The molecule has 1 atom stereocenters. The normalized spacial score (nSPS) is 15.8. The number of anilines is 1. The summed E-state index contributed by atoms with van der Waals surface area (Å²) in [5.41, 5.74) is 6.94.